The minimum atomic E-state index is -0.0788. The van der Waals surface area contributed by atoms with Crippen LogP contribution >= 0.6 is 11.8 Å². The third kappa shape index (κ3) is 5.00. The number of pyridine rings is 1. The Bertz CT molecular complexity index is 1150. The Hall–Kier alpha value is -3.45. The highest BCUT2D eigenvalue weighted by Gasteiger charge is 2.16. The molecule has 0 unspecified atom stereocenters. The normalized spacial score (nSPS) is 10.7. The number of benzene rings is 2. The minimum Gasteiger partial charge on any atom is -0.325 e. The highest BCUT2D eigenvalue weighted by atomic mass is 32.2. The number of rotatable bonds is 8. The fourth-order valence-corrected chi connectivity index (χ4v) is 4.08. The number of hydrogen-bond donors (Lipinski definition) is 1. The lowest BCUT2D eigenvalue weighted by molar-refractivity contribution is -0.113. The van der Waals surface area contributed by atoms with Crippen molar-refractivity contribution in [3.8, 4) is 22.5 Å². The summed E-state index contributed by atoms with van der Waals surface area (Å²) in [6, 6.07) is 21.7. The van der Waals surface area contributed by atoms with E-state index < -0.39 is 0 Å². The van der Waals surface area contributed by atoms with Crippen molar-refractivity contribution in [2.45, 2.75) is 25.0 Å². The minimum absolute atomic E-state index is 0.0788. The van der Waals surface area contributed by atoms with Crippen LogP contribution in [-0.4, -0.2) is 31.4 Å². The Morgan fingerprint density at radius 3 is 2.45 bits per heavy atom. The van der Waals surface area contributed by atoms with Gasteiger partial charge < -0.3 is 9.88 Å². The quantitative estimate of drug-likeness (QED) is 0.392. The number of nitrogens with one attached hydrogen (secondary N) is 1. The van der Waals surface area contributed by atoms with Gasteiger partial charge in [0, 0.05) is 35.8 Å². The summed E-state index contributed by atoms with van der Waals surface area (Å²) in [5, 5.41) is 12.5. The van der Waals surface area contributed by atoms with Gasteiger partial charge in [0.05, 0.1) is 5.75 Å². The van der Waals surface area contributed by atoms with Gasteiger partial charge in [0.2, 0.25) is 5.91 Å². The molecule has 0 atom stereocenters. The van der Waals surface area contributed by atoms with E-state index >= 15 is 0 Å². The van der Waals surface area contributed by atoms with E-state index in [2.05, 4.69) is 32.0 Å². The van der Waals surface area contributed by atoms with Crippen molar-refractivity contribution in [1.29, 1.82) is 0 Å². The van der Waals surface area contributed by atoms with Gasteiger partial charge in [0.15, 0.2) is 11.0 Å². The van der Waals surface area contributed by atoms with Crippen LogP contribution in [0.2, 0.25) is 0 Å². The van der Waals surface area contributed by atoms with Gasteiger partial charge in [-0.3, -0.25) is 9.78 Å². The zero-order chi connectivity index (χ0) is 21.5. The third-order valence-corrected chi connectivity index (χ3v) is 5.69. The van der Waals surface area contributed by atoms with Crippen molar-refractivity contribution in [3.63, 3.8) is 0 Å². The molecule has 7 heteroatoms. The first kappa shape index (κ1) is 20.8. The highest BCUT2D eigenvalue weighted by Crippen LogP contribution is 2.28. The first-order valence-electron chi connectivity index (χ1n) is 10.2. The second-order valence-electron chi connectivity index (χ2n) is 6.94. The molecule has 31 heavy (non-hydrogen) atoms. The van der Waals surface area contributed by atoms with Crippen molar-refractivity contribution in [3.05, 3.63) is 79.1 Å². The van der Waals surface area contributed by atoms with E-state index in [0.717, 1.165) is 46.3 Å². The van der Waals surface area contributed by atoms with Gasteiger partial charge in [-0.05, 0) is 30.2 Å². The molecule has 6 nitrogen and oxygen atoms in total. The van der Waals surface area contributed by atoms with Crippen LogP contribution in [0.4, 0.5) is 5.69 Å². The maximum atomic E-state index is 12.7. The van der Waals surface area contributed by atoms with Crippen LogP contribution < -0.4 is 5.32 Å². The molecule has 0 saturated heterocycles. The second kappa shape index (κ2) is 10.0. The lowest BCUT2D eigenvalue weighted by Gasteiger charge is -2.12. The Morgan fingerprint density at radius 1 is 0.935 bits per heavy atom. The third-order valence-electron chi connectivity index (χ3n) is 4.72. The van der Waals surface area contributed by atoms with Crippen molar-refractivity contribution in [1.82, 2.24) is 19.7 Å². The van der Waals surface area contributed by atoms with Crippen LogP contribution in [0, 0.1) is 0 Å². The summed E-state index contributed by atoms with van der Waals surface area (Å²) >= 11 is 1.39. The lowest BCUT2D eigenvalue weighted by Crippen LogP contribution is -2.15. The molecule has 156 valence electrons. The van der Waals surface area contributed by atoms with Gasteiger partial charge in [-0.2, -0.15) is 0 Å². The molecular formula is C24H23N5OS. The molecule has 0 aliphatic carbocycles. The first-order valence-corrected chi connectivity index (χ1v) is 11.2. The summed E-state index contributed by atoms with van der Waals surface area (Å²) in [5.74, 6) is 0.966. The number of carbonyl (C=O) groups excluding carboxylic acids is 1. The van der Waals surface area contributed by atoms with Crippen LogP contribution in [0.3, 0.4) is 0 Å². The van der Waals surface area contributed by atoms with Crippen molar-refractivity contribution in [2.75, 3.05) is 11.1 Å². The molecule has 0 radical (unpaired) electrons. The predicted molar refractivity (Wildman–Crippen MR) is 125 cm³/mol. The zero-order valence-corrected chi connectivity index (χ0v) is 18.0. The van der Waals surface area contributed by atoms with E-state index in [9.17, 15) is 4.79 Å². The van der Waals surface area contributed by atoms with Crippen molar-refractivity contribution >= 4 is 23.4 Å². The van der Waals surface area contributed by atoms with Gasteiger partial charge in [-0.25, -0.2) is 0 Å². The average Bonchev–Trinajstić information content (AvgIpc) is 3.22. The summed E-state index contributed by atoms with van der Waals surface area (Å²) in [5.41, 5.74) is 3.82. The van der Waals surface area contributed by atoms with Gasteiger partial charge in [-0.1, -0.05) is 67.2 Å². The van der Waals surface area contributed by atoms with Crippen LogP contribution in [-0.2, 0) is 11.3 Å². The number of hydrogen-bond acceptors (Lipinski definition) is 5. The largest absolute Gasteiger partial charge is 0.325 e. The molecule has 0 aliphatic rings. The SMILES string of the molecule is CCCn1c(SCC(=O)Nc2ccccc2-c2ccccc2)nnc1-c1ccncc1. The Morgan fingerprint density at radius 2 is 1.68 bits per heavy atom. The van der Waals surface area contributed by atoms with Crippen LogP contribution in [0.5, 0.6) is 0 Å². The maximum absolute atomic E-state index is 12.7. The molecule has 0 saturated carbocycles. The number of amides is 1. The summed E-state index contributed by atoms with van der Waals surface area (Å²) in [7, 11) is 0. The van der Waals surface area contributed by atoms with Gasteiger partial charge in [-0.15, -0.1) is 10.2 Å². The molecule has 2 heterocycles. The van der Waals surface area contributed by atoms with Crippen LogP contribution in [0.1, 0.15) is 13.3 Å². The molecule has 1 amide bonds. The monoisotopic (exact) mass is 429 g/mol. The molecule has 2 aromatic heterocycles. The molecule has 0 bridgehead atoms. The van der Waals surface area contributed by atoms with E-state index in [1.807, 2.05) is 66.7 Å². The fourth-order valence-electron chi connectivity index (χ4n) is 3.31. The fraction of sp³-hybridized carbons (Fsp3) is 0.167. The molecule has 0 spiro atoms. The van der Waals surface area contributed by atoms with Gasteiger partial charge in [0.1, 0.15) is 0 Å². The molecule has 4 rings (SSSR count). The number of nitrogens with zero attached hydrogens (tertiary/aromatic N) is 4. The predicted octanol–water partition coefficient (Wildman–Crippen LogP) is 5.15. The summed E-state index contributed by atoms with van der Waals surface area (Å²) in [6.45, 7) is 2.89. The van der Waals surface area contributed by atoms with E-state index in [4.69, 9.17) is 0 Å². The number of aromatic nitrogens is 4. The van der Waals surface area contributed by atoms with E-state index in [-0.39, 0.29) is 11.7 Å². The van der Waals surface area contributed by atoms with E-state index in [0.29, 0.717) is 0 Å². The molecule has 1 N–H and O–H groups in total. The molecule has 0 aliphatic heterocycles. The molecule has 4 aromatic rings. The maximum Gasteiger partial charge on any atom is 0.234 e. The Balaban J connectivity index is 1.47. The highest BCUT2D eigenvalue weighted by molar-refractivity contribution is 7.99. The van der Waals surface area contributed by atoms with E-state index in [1.165, 1.54) is 11.8 Å². The molecular weight excluding hydrogens is 406 g/mol. The van der Waals surface area contributed by atoms with Gasteiger partial charge >= 0.3 is 0 Å². The standard InChI is InChI=1S/C24H23N5OS/c1-2-16-29-23(19-12-14-25-15-13-19)27-28-24(29)31-17-22(30)26-21-11-7-6-10-20(21)18-8-4-3-5-9-18/h3-15H,2,16-17H2,1H3,(H,26,30). The van der Waals surface area contributed by atoms with Crippen molar-refractivity contribution < 1.29 is 4.79 Å². The Kier molecular flexibility index (Phi) is 6.74. The first-order chi connectivity index (χ1) is 15.3. The lowest BCUT2D eigenvalue weighted by atomic mass is 10.0. The summed E-state index contributed by atoms with van der Waals surface area (Å²) in [6.07, 6.45) is 4.43. The zero-order valence-electron chi connectivity index (χ0n) is 17.2. The summed E-state index contributed by atoms with van der Waals surface area (Å²) < 4.78 is 2.06. The number of para-hydroxylation sites is 1. The Labute approximate surface area is 185 Å². The number of thioether (sulfide) groups is 1. The smallest absolute Gasteiger partial charge is 0.234 e. The van der Waals surface area contributed by atoms with Crippen LogP contribution in [0.15, 0.2) is 84.3 Å². The number of anilines is 1. The van der Waals surface area contributed by atoms with Gasteiger partial charge in [0.25, 0.3) is 0 Å². The number of carbonyl (C=O) groups is 1. The molecule has 0 fully saturated rings. The second-order valence-corrected chi connectivity index (χ2v) is 7.88. The molecule has 2 aromatic carbocycles. The summed E-state index contributed by atoms with van der Waals surface area (Å²) in [4.78, 5) is 16.8. The average molecular weight is 430 g/mol. The topological polar surface area (TPSA) is 72.7 Å². The van der Waals surface area contributed by atoms with Crippen molar-refractivity contribution in [2.24, 2.45) is 0 Å². The van der Waals surface area contributed by atoms with Crippen LogP contribution in [0.25, 0.3) is 22.5 Å². The van der Waals surface area contributed by atoms with E-state index in [1.54, 1.807) is 12.4 Å².